The van der Waals surface area contributed by atoms with Crippen molar-refractivity contribution in [2.45, 2.75) is 18.9 Å². The largest absolute Gasteiger partial charge is 0.507 e. The molecule has 0 amide bonds. The van der Waals surface area contributed by atoms with Crippen LogP contribution in [0.4, 0.5) is 5.69 Å². The Hall–Kier alpha value is -4.41. The van der Waals surface area contributed by atoms with Crippen LogP contribution in [-0.2, 0) is 9.59 Å². The van der Waals surface area contributed by atoms with E-state index in [1.54, 1.807) is 0 Å². The highest BCUT2D eigenvalue weighted by molar-refractivity contribution is 5.90. The molecule has 0 aliphatic heterocycles. The quantitative estimate of drug-likeness (QED) is 0.270. The monoisotopic (exact) mass is 431 g/mol. The number of benzene rings is 2. The zero-order chi connectivity index (χ0) is 22.9. The van der Waals surface area contributed by atoms with E-state index in [0.29, 0.717) is 0 Å². The number of hydrogen-bond acceptors (Lipinski definition) is 9. The van der Waals surface area contributed by atoms with Crippen LogP contribution in [0, 0.1) is 0 Å². The van der Waals surface area contributed by atoms with Gasteiger partial charge in [-0.2, -0.15) is 0 Å². The van der Waals surface area contributed by atoms with Crippen molar-refractivity contribution in [3.05, 3.63) is 40.6 Å². The summed E-state index contributed by atoms with van der Waals surface area (Å²) in [7, 11) is 0. The molecular weight excluding hydrogens is 414 g/mol. The van der Waals surface area contributed by atoms with Gasteiger partial charge in [-0.25, -0.2) is 4.79 Å². The standard InChI is InChI=1S/C20H17NO10/c22-11-3-1-8(5-12(11)23)19-18(28)17(27)16-13(24)6-9(7-14(16)31-19)21-10(20(29)30)2-4-15(25)26/h1,3,5-7,10,21-24,28H,2,4H2,(H,25,26)(H,29,30)/t10-/m0/s1. The molecule has 1 aromatic heterocycles. The first kappa shape index (κ1) is 21.3. The van der Waals surface area contributed by atoms with Gasteiger partial charge >= 0.3 is 11.9 Å². The zero-order valence-corrected chi connectivity index (χ0v) is 15.7. The van der Waals surface area contributed by atoms with E-state index in [2.05, 4.69) is 5.32 Å². The van der Waals surface area contributed by atoms with Crippen LogP contribution < -0.4 is 10.7 Å². The van der Waals surface area contributed by atoms with Crippen LogP contribution in [0.1, 0.15) is 12.8 Å². The molecule has 0 aliphatic carbocycles. The highest BCUT2D eigenvalue weighted by Crippen LogP contribution is 2.37. The van der Waals surface area contributed by atoms with E-state index < -0.39 is 52.8 Å². The SMILES string of the molecule is O=C(O)CC[C@H](Nc1cc(O)c2c(=O)c(O)c(-c3ccc(O)c(O)c3)oc2c1)C(=O)O. The molecule has 0 saturated heterocycles. The third-order valence-electron chi connectivity index (χ3n) is 4.47. The fraction of sp³-hybridized carbons (Fsp3) is 0.150. The van der Waals surface area contributed by atoms with Crippen molar-refractivity contribution in [1.82, 2.24) is 0 Å². The highest BCUT2D eigenvalue weighted by Gasteiger charge is 2.22. The number of carbonyl (C=O) groups is 2. The van der Waals surface area contributed by atoms with E-state index in [1.807, 2.05) is 0 Å². The van der Waals surface area contributed by atoms with Crippen molar-refractivity contribution in [3.8, 4) is 34.3 Å². The first-order valence-electron chi connectivity index (χ1n) is 8.84. The second kappa shape index (κ2) is 8.14. The summed E-state index contributed by atoms with van der Waals surface area (Å²) in [5.41, 5.74) is -1.12. The van der Waals surface area contributed by atoms with Crippen molar-refractivity contribution in [3.63, 3.8) is 0 Å². The van der Waals surface area contributed by atoms with Crippen molar-refractivity contribution in [2.75, 3.05) is 5.32 Å². The summed E-state index contributed by atoms with van der Waals surface area (Å²) in [6.07, 6.45) is -0.665. The Kier molecular flexibility index (Phi) is 5.60. The Morgan fingerprint density at radius 1 is 0.968 bits per heavy atom. The number of carboxylic acid groups (broad SMARTS) is 2. The number of fused-ring (bicyclic) bond motifs is 1. The third kappa shape index (κ3) is 4.29. The molecule has 0 spiro atoms. The van der Waals surface area contributed by atoms with Crippen molar-refractivity contribution < 1.29 is 44.6 Å². The molecule has 3 aromatic rings. The lowest BCUT2D eigenvalue weighted by Crippen LogP contribution is -2.29. The maximum atomic E-state index is 12.6. The van der Waals surface area contributed by atoms with E-state index >= 15 is 0 Å². The van der Waals surface area contributed by atoms with E-state index in [9.17, 15) is 39.9 Å². The topological polar surface area (TPSA) is 198 Å². The molecule has 31 heavy (non-hydrogen) atoms. The van der Waals surface area contributed by atoms with Crippen molar-refractivity contribution in [1.29, 1.82) is 0 Å². The summed E-state index contributed by atoms with van der Waals surface area (Å²) >= 11 is 0. The van der Waals surface area contributed by atoms with Gasteiger partial charge in [0.1, 0.15) is 22.8 Å². The summed E-state index contributed by atoms with van der Waals surface area (Å²) in [5, 5.41) is 59.8. The molecule has 3 rings (SSSR count). The van der Waals surface area contributed by atoms with Crippen LogP contribution >= 0.6 is 0 Å². The second-order valence-electron chi connectivity index (χ2n) is 6.65. The van der Waals surface area contributed by atoms with Gasteiger partial charge in [-0.15, -0.1) is 0 Å². The number of aromatic hydroxyl groups is 4. The van der Waals surface area contributed by atoms with Crippen LogP contribution in [0.2, 0.25) is 0 Å². The Morgan fingerprint density at radius 3 is 2.29 bits per heavy atom. The predicted molar refractivity (Wildman–Crippen MR) is 106 cm³/mol. The van der Waals surface area contributed by atoms with Crippen LogP contribution in [-0.4, -0.2) is 48.6 Å². The lowest BCUT2D eigenvalue weighted by Gasteiger charge is -2.16. The molecular formula is C20H17NO10. The number of carboxylic acids is 2. The van der Waals surface area contributed by atoms with Crippen molar-refractivity contribution in [2.24, 2.45) is 0 Å². The normalized spacial score (nSPS) is 11.9. The maximum absolute atomic E-state index is 12.6. The fourth-order valence-electron chi connectivity index (χ4n) is 2.96. The van der Waals surface area contributed by atoms with Gasteiger partial charge in [0.15, 0.2) is 17.3 Å². The highest BCUT2D eigenvalue weighted by atomic mass is 16.4. The maximum Gasteiger partial charge on any atom is 0.326 e. The lowest BCUT2D eigenvalue weighted by molar-refractivity contribution is -0.139. The number of nitrogens with one attached hydrogen (secondary N) is 1. The molecule has 162 valence electrons. The van der Waals surface area contributed by atoms with E-state index in [4.69, 9.17) is 9.52 Å². The van der Waals surface area contributed by atoms with Crippen molar-refractivity contribution >= 4 is 28.6 Å². The average Bonchev–Trinajstić information content (AvgIpc) is 2.69. The minimum atomic E-state index is -1.33. The first-order valence-corrected chi connectivity index (χ1v) is 8.84. The predicted octanol–water partition coefficient (Wildman–Crippen LogP) is 2.01. The molecule has 1 atom stereocenters. The van der Waals surface area contributed by atoms with Gasteiger partial charge < -0.3 is 40.4 Å². The molecule has 1 heterocycles. The van der Waals surface area contributed by atoms with Gasteiger partial charge in [-0.05, 0) is 24.6 Å². The van der Waals surface area contributed by atoms with Crippen LogP contribution in [0.15, 0.2) is 39.5 Å². The third-order valence-corrected chi connectivity index (χ3v) is 4.47. The Morgan fingerprint density at radius 2 is 1.68 bits per heavy atom. The summed E-state index contributed by atoms with van der Waals surface area (Å²) < 4.78 is 5.53. The molecule has 0 unspecified atom stereocenters. The molecule has 0 aliphatic rings. The van der Waals surface area contributed by atoms with Crippen LogP contribution in [0.3, 0.4) is 0 Å². The van der Waals surface area contributed by atoms with Gasteiger partial charge in [-0.3, -0.25) is 9.59 Å². The minimum absolute atomic E-state index is 0.0242. The molecule has 0 saturated carbocycles. The average molecular weight is 431 g/mol. The van der Waals surface area contributed by atoms with Gasteiger partial charge in [0.05, 0.1) is 0 Å². The summed E-state index contributed by atoms with van der Waals surface area (Å²) in [6, 6.07) is 4.38. The Labute approximate surface area is 173 Å². The number of phenolic OH excluding ortho intramolecular Hbond substituents is 3. The number of rotatable bonds is 7. The number of hydrogen-bond donors (Lipinski definition) is 7. The van der Waals surface area contributed by atoms with Gasteiger partial charge in [0.2, 0.25) is 11.2 Å². The smallest absolute Gasteiger partial charge is 0.326 e. The van der Waals surface area contributed by atoms with E-state index in [0.717, 1.165) is 18.2 Å². The lowest BCUT2D eigenvalue weighted by atomic mass is 10.1. The van der Waals surface area contributed by atoms with Gasteiger partial charge in [0.25, 0.3) is 0 Å². The summed E-state index contributed by atoms with van der Waals surface area (Å²) in [5.74, 6) is -5.28. The fourth-order valence-corrected chi connectivity index (χ4v) is 2.96. The summed E-state index contributed by atoms with van der Waals surface area (Å²) in [6.45, 7) is 0. The summed E-state index contributed by atoms with van der Waals surface area (Å²) in [4.78, 5) is 34.7. The van der Waals surface area contributed by atoms with Gasteiger partial charge in [0, 0.05) is 29.8 Å². The van der Waals surface area contributed by atoms with Crippen LogP contribution in [0.5, 0.6) is 23.0 Å². The van der Waals surface area contributed by atoms with E-state index in [-0.39, 0.29) is 34.4 Å². The number of aliphatic carboxylic acids is 2. The van der Waals surface area contributed by atoms with Crippen LogP contribution in [0.25, 0.3) is 22.3 Å². The molecule has 0 bridgehead atoms. The Bertz CT molecular complexity index is 1250. The number of anilines is 1. The second-order valence-corrected chi connectivity index (χ2v) is 6.65. The van der Waals surface area contributed by atoms with E-state index in [1.165, 1.54) is 12.1 Å². The molecule has 11 heteroatoms. The van der Waals surface area contributed by atoms with Gasteiger partial charge in [-0.1, -0.05) is 0 Å². The minimum Gasteiger partial charge on any atom is -0.507 e. The zero-order valence-electron chi connectivity index (χ0n) is 15.7. The molecule has 2 aromatic carbocycles. The molecule has 11 nitrogen and oxygen atoms in total. The molecule has 0 fully saturated rings. The molecule has 0 radical (unpaired) electrons. The number of phenols is 3. The Balaban J connectivity index is 2.10. The first-order chi connectivity index (χ1) is 14.6. The molecule has 7 N–H and O–H groups in total.